The van der Waals surface area contributed by atoms with Crippen LogP contribution in [0.25, 0.3) is 6.08 Å². The number of nitrogens with one attached hydrogen (secondary N) is 1. The molecule has 2 nitrogen and oxygen atoms in total. The van der Waals surface area contributed by atoms with Crippen LogP contribution in [0.1, 0.15) is 36.4 Å². The Hall–Kier alpha value is -1.30. The Kier molecular flexibility index (Phi) is 5.90. The Morgan fingerprint density at radius 3 is 2.33 bits per heavy atom. The molecular formula is C22H20Br2N2S. The van der Waals surface area contributed by atoms with Crippen LogP contribution in [0.15, 0.2) is 79.3 Å². The van der Waals surface area contributed by atoms with E-state index in [9.17, 15) is 0 Å². The maximum atomic E-state index is 5.00. The molecule has 1 aliphatic heterocycles. The number of amidine groups is 1. The van der Waals surface area contributed by atoms with E-state index >= 15 is 0 Å². The number of aliphatic imine (C=N–C) groups is 1. The van der Waals surface area contributed by atoms with Crippen molar-refractivity contribution in [1.82, 2.24) is 5.32 Å². The molecular weight excluding hydrogens is 484 g/mol. The summed E-state index contributed by atoms with van der Waals surface area (Å²) in [5, 5.41) is 4.59. The molecule has 5 heteroatoms. The van der Waals surface area contributed by atoms with Gasteiger partial charge in [0, 0.05) is 14.6 Å². The van der Waals surface area contributed by atoms with E-state index in [1.54, 1.807) is 11.8 Å². The molecule has 0 spiro atoms. The molecule has 0 saturated carbocycles. The molecule has 0 fully saturated rings. The predicted molar refractivity (Wildman–Crippen MR) is 124 cm³/mol. The molecule has 4 rings (SSSR count). The molecule has 1 atom stereocenters. The van der Waals surface area contributed by atoms with Gasteiger partial charge in [0.15, 0.2) is 5.17 Å². The first-order valence-corrected chi connectivity index (χ1v) is 11.8. The minimum absolute atomic E-state index is 0.102. The fourth-order valence-electron chi connectivity index (χ4n) is 3.62. The highest BCUT2D eigenvalue weighted by Gasteiger charge is 2.29. The van der Waals surface area contributed by atoms with E-state index in [2.05, 4.69) is 98.0 Å². The zero-order valence-corrected chi connectivity index (χ0v) is 19.0. The molecule has 0 saturated heterocycles. The summed E-state index contributed by atoms with van der Waals surface area (Å²) in [7, 11) is 0. The van der Waals surface area contributed by atoms with Gasteiger partial charge in [-0.1, -0.05) is 67.9 Å². The Morgan fingerprint density at radius 2 is 1.67 bits per heavy atom. The third-order valence-corrected chi connectivity index (χ3v) is 6.58. The number of thioether (sulfide) groups is 1. The van der Waals surface area contributed by atoms with Crippen LogP contribution in [0.4, 0.5) is 0 Å². The van der Waals surface area contributed by atoms with Crippen molar-refractivity contribution < 1.29 is 0 Å². The molecule has 0 unspecified atom stereocenters. The quantitative estimate of drug-likeness (QED) is 0.472. The van der Waals surface area contributed by atoms with E-state index < -0.39 is 0 Å². The lowest BCUT2D eigenvalue weighted by molar-refractivity contribution is 0.659. The van der Waals surface area contributed by atoms with Crippen molar-refractivity contribution >= 4 is 54.9 Å². The van der Waals surface area contributed by atoms with Gasteiger partial charge in [-0.2, -0.15) is 0 Å². The molecule has 1 aliphatic carbocycles. The SMILES string of the molecule is CSC1=N[C@H](c2ccc(Br)cc2)C2=C(N1)/C(=C/c1ccc(Br)cc1)CCC2. The first kappa shape index (κ1) is 19.0. The molecule has 0 amide bonds. The summed E-state index contributed by atoms with van der Waals surface area (Å²) in [4.78, 5) is 5.00. The maximum Gasteiger partial charge on any atom is 0.161 e. The van der Waals surface area contributed by atoms with Crippen LogP contribution in [0, 0.1) is 0 Å². The van der Waals surface area contributed by atoms with E-state index in [0.29, 0.717) is 0 Å². The van der Waals surface area contributed by atoms with Gasteiger partial charge >= 0.3 is 0 Å². The highest BCUT2D eigenvalue weighted by atomic mass is 79.9. The Morgan fingerprint density at radius 1 is 1.00 bits per heavy atom. The summed E-state index contributed by atoms with van der Waals surface area (Å²) in [5.74, 6) is 0. The van der Waals surface area contributed by atoms with Crippen LogP contribution in [-0.4, -0.2) is 11.4 Å². The summed E-state index contributed by atoms with van der Waals surface area (Å²) < 4.78 is 2.21. The zero-order chi connectivity index (χ0) is 18.8. The van der Waals surface area contributed by atoms with Crippen molar-refractivity contribution in [1.29, 1.82) is 0 Å². The van der Waals surface area contributed by atoms with Crippen molar-refractivity contribution in [2.45, 2.75) is 25.3 Å². The first-order valence-electron chi connectivity index (χ1n) is 8.98. The second-order valence-corrected chi connectivity index (χ2v) is 9.32. The first-order chi connectivity index (χ1) is 13.1. The summed E-state index contributed by atoms with van der Waals surface area (Å²) in [6.07, 6.45) is 7.75. The van der Waals surface area contributed by atoms with Gasteiger partial charge in [0.1, 0.15) is 6.04 Å². The van der Waals surface area contributed by atoms with Crippen molar-refractivity contribution in [2.24, 2.45) is 4.99 Å². The van der Waals surface area contributed by atoms with E-state index in [0.717, 1.165) is 27.0 Å². The normalized spacial score (nSPS) is 20.9. The number of hydrogen-bond donors (Lipinski definition) is 1. The monoisotopic (exact) mass is 502 g/mol. The Bertz CT molecular complexity index is 928. The maximum absolute atomic E-state index is 5.00. The van der Waals surface area contributed by atoms with Gasteiger partial charge in [0.25, 0.3) is 0 Å². The minimum atomic E-state index is 0.102. The fourth-order valence-corrected chi connectivity index (χ4v) is 4.57. The predicted octanol–water partition coefficient (Wildman–Crippen LogP) is 7.10. The van der Waals surface area contributed by atoms with E-state index in [-0.39, 0.29) is 6.04 Å². The average molecular weight is 504 g/mol. The minimum Gasteiger partial charge on any atom is -0.335 e. The lowest BCUT2D eigenvalue weighted by Gasteiger charge is -2.32. The molecule has 0 radical (unpaired) electrons. The zero-order valence-electron chi connectivity index (χ0n) is 15.0. The van der Waals surface area contributed by atoms with E-state index in [4.69, 9.17) is 4.99 Å². The second-order valence-electron chi connectivity index (χ2n) is 6.69. The number of allylic oxidation sites excluding steroid dienone is 1. The molecule has 1 N–H and O–H groups in total. The van der Waals surface area contributed by atoms with Gasteiger partial charge in [0.2, 0.25) is 0 Å². The molecule has 1 heterocycles. The Labute approximate surface area is 181 Å². The Balaban J connectivity index is 1.76. The van der Waals surface area contributed by atoms with Crippen LogP contribution >= 0.6 is 43.6 Å². The van der Waals surface area contributed by atoms with E-state index in [1.807, 2.05) is 0 Å². The van der Waals surface area contributed by atoms with Gasteiger partial charge in [0.05, 0.1) is 0 Å². The number of nitrogens with zero attached hydrogens (tertiary/aromatic N) is 1. The smallest absolute Gasteiger partial charge is 0.161 e. The summed E-state index contributed by atoms with van der Waals surface area (Å²) in [6.45, 7) is 0. The van der Waals surface area contributed by atoms with Gasteiger partial charge in [-0.15, -0.1) is 0 Å². The number of hydrogen-bond acceptors (Lipinski definition) is 3. The van der Waals surface area contributed by atoms with Crippen molar-refractivity contribution in [2.75, 3.05) is 6.26 Å². The van der Waals surface area contributed by atoms with Crippen LogP contribution in [0.5, 0.6) is 0 Å². The largest absolute Gasteiger partial charge is 0.335 e. The van der Waals surface area contributed by atoms with Crippen molar-refractivity contribution in [3.05, 3.63) is 85.4 Å². The lowest BCUT2D eigenvalue weighted by Crippen LogP contribution is -2.30. The second kappa shape index (κ2) is 8.38. The van der Waals surface area contributed by atoms with Crippen LogP contribution < -0.4 is 5.32 Å². The summed E-state index contributed by atoms with van der Waals surface area (Å²) >= 11 is 8.73. The van der Waals surface area contributed by atoms with Crippen LogP contribution in [0.2, 0.25) is 0 Å². The molecule has 2 aromatic carbocycles. The van der Waals surface area contributed by atoms with Gasteiger partial charge < -0.3 is 5.32 Å². The number of halogens is 2. The van der Waals surface area contributed by atoms with Crippen molar-refractivity contribution in [3.8, 4) is 0 Å². The molecule has 2 aromatic rings. The summed E-state index contributed by atoms with van der Waals surface area (Å²) in [6, 6.07) is 17.2. The van der Waals surface area contributed by atoms with E-state index in [1.165, 1.54) is 34.4 Å². The highest BCUT2D eigenvalue weighted by molar-refractivity contribution is 9.10. The standard InChI is InChI=1S/C22H20Br2N2S/c1-27-22-25-20(15-7-11-18(24)12-8-15)19-4-2-3-16(21(19)26-22)13-14-5-9-17(23)10-6-14/h5-13,20H,2-4H2,1H3,(H,25,26)/b16-13+/t20-/m1/s1. The molecule has 27 heavy (non-hydrogen) atoms. The van der Waals surface area contributed by atoms with Gasteiger partial charge in [-0.3, -0.25) is 0 Å². The third-order valence-electron chi connectivity index (χ3n) is 4.93. The third kappa shape index (κ3) is 4.25. The topological polar surface area (TPSA) is 24.4 Å². The molecule has 0 aromatic heterocycles. The van der Waals surface area contributed by atoms with Gasteiger partial charge in [-0.25, -0.2) is 4.99 Å². The summed E-state index contributed by atoms with van der Waals surface area (Å²) in [5.41, 5.74) is 6.55. The highest BCUT2D eigenvalue weighted by Crippen LogP contribution is 2.41. The molecule has 0 bridgehead atoms. The van der Waals surface area contributed by atoms with Crippen LogP contribution in [0.3, 0.4) is 0 Å². The average Bonchev–Trinajstić information content (AvgIpc) is 2.70. The number of benzene rings is 2. The van der Waals surface area contributed by atoms with Crippen molar-refractivity contribution in [3.63, 3.8) is 0 Å². The molecule has 2 aliphatic rings. The fraction of sp³-hybridized carbons (Fsp3) is 0.227. The molecule has 138 valence electrons. The van der Waals surface area contributed by atoms with Crippen LogP contribution in [-0.2, 0) is 0 Å². The van der Waals surface area contributed by atoms with Gasteiger partial charge in [-0.05, 0) is 78.1 Å². The lowest BCUT2D eigenvalue weighted by atomic mass is 9.84. The number of rotatable bonds is 2.